The Hall–Kier alpha value is -4.46. The first-order chi connectivity index (χ1) is 16.9. The molecule has 1 aliphatic rings. The van der Waals surface area contributed by atoms with E-state index < -0.39 is 48.3 Å². The van der Waals surface area contributed by atoms with Gasteiger partial charge in [-0.3, -0.25) is 0 Å². The first-order valence-corrected chi connectivity index (χ1v) is 10.9. The number of ether oxygens (including phenoxy) is 4. The van der Waals surface area contributed by atoms with Gasteiger partial charge in [-0.25, -0.2) is 19.2 Å². The molecule has 0 N–H and O–H groups in total. The van der Waals surface area contributed by atoms with Gasteiger partial charge < -0.3 is 18.9 Å². The van der Waals surface area contributed by atoms with Crippen molar-refractivity contribution in [1.82, 2.24) is 0 Å². The number of carbonyl (C=O) groups excluding carboxylic acids is 4. The summed E-state index contributed by atoms with van der Waals surface area (Å²) in [5, 5.41) is 0. The lowest BCUT2D eigenvalue weighted by Crippen LogP contribution is -2.59. The van der Waals surface area contributed by atoms with Gasteiger partial charge in [0.1, 0.15) is 6.10 Å². The molecule has 0 amide bonds. The van der Waals surface area contributed by atoms with Gasteiger partial charge in [0.15, 0.2) is 12.2 Å². The predicted octanol–water partition coefficient (Wildman–Crippen LogP) is 3.61. The van der Waals surface area contributed by atoms with E-state index in [2.05, 4.69) is 0 Å². The van der Waals surface area contributed by atoms with Gasteiger partial charge in [-0.15, -0.1) is 0 Å². The number of hydrogen-bond acceptors (Lipinski definition) is 8. The van der Waals surface area contributed by atoms with Crippen molar-refractivity contribution in [2.75, 3.05) is 0 Å². The third-order valence-corrected chi connectivity index (χ3v) is 5.37. The van der Waals surface area contributed by atoms with E-state index in [0.717, 1.165) is 0 Å². The van der Waals surface area contributed by atoms with Gasteiger partial charge in [0.05, 0.1) is 16.7 Å². The quantitative estimate of drug-likeness (QED) is 0.394. The third-order valence-electron chi connectivity index (χ3n) is 5.37. The van der Waals surface area contributed by atoms with Crippen LogP contribution < -0.4 is 0 Å². The Labute approximate surface area is 201 Å². The fourth-order valence-electron chi connectivity index (χ4n) is 3.59. The van der Waals surface area contributed by atoms with Gasteiger partial charge in [0.25, 0.3) is 0 Å². The predicted molar refractivity (Wildman–Crippen MR) is 122 cm³/mol. The minimum atomic E-state index is -1.65. The Morgan fingerprint density at radius 2 is 0.971 bits per heavy atom. The average Bonchev–Trinajstić information content (AvgIpc) is 2.89. The summed E-state index contributed by atoms with van der Waals surface area (Å²) in [7, 11) is 0. The summed E-state index contributed by atoms with van der Waals surface area (Å²) >= 11 is 0. The molecule has 8 heteroatoms. The van der Waals surface area contributed by atoms with Crippen molar-refractivity contribution < 1.29 is 38.1 Å². The highest BCUT2D eigenvalue weighted by Crippen LogP contribution is 2.27. The van der Waals surface area contributed by atoms with E-state index in [1.807, 2.05) is 0 Å². The first-order valence-electron chi connectivity index (χ1n) is 10.9. The maximum Gasteiger partial charge on any atom is 0.352 e. The number of benzene rings is 3. The summed E-state index contributed by atoms with van der Waals surface area (Å²) in [6.07, 6.45) is -5.31. The van der Waals surface area contributed by atoms with Crippen molar-refractivity contribution in [3.05, 3.63) is 108 Å². The summed E-state index contributed by atoms with van der Waals surface area (Å²) in [6.45, 7) is 1.50. The van der Waals surface area contributed by atoms with Crippen molar-refractivity contribution in [3.63, 3.8) is 0 Å². The van der Waals surface area contributed by atoms with E-state index in [1.165, 1.54) is 31.2 Å². The molecule has 1 aliphatic heterocycles. The van der Waals surface area contributed by atoms with E-state index in [0.29, 0.717) is 0 Å². The molecule has 0 spiro atoms. The van der Waals surface area contributed by atoms with Gasteiger partial charge in [-0.2, -0.15) is 0 Å². The molecular weight excluding hydrogens is 452 g/mol. The summed E-state index contributed by atoms with van der Waals surface area (Å²) in [6, 6.07) is 24.3. The lowest BCUT2D eigenvalue weighted by molar-refractivity contribution is -0.200. The zero-order chi connectivity index (χ0) is 24.8. The SMILES string of the molecule is CC1OC(=O)C(OC(=O)c2ccccc2)C(OC(=O)c2ccccc2)[C@H]1OC(=O)c1ccccc1. The topological polar surface area (TPSA) is 105 Å². The summed E-state index contributed by atoms with van der Waals surface area (Å²) in [5.41, 5.74) is 0.646. The standard InChI is InChI=1S/C27H22O8/c1-17-21(33-24(28)18-11-5-2-6-12-18)22(34-25(29)19-13-7-3-8-14-19)23(27(31)32-17)35-26(30)20-15-9-4-10-16-20/h2-17,21-23H,1H3/t17?,21-,22?,23?/m0/s1. The van der Waals surface area contributed by atoms with Crippen LogP contribution in [0.25, 0.3) is 0 Å². The molecule has 178 valence electrons. The van der Waals surface area contributed by atoms with E-state index in [1.54, 1.807) is 66.7 Å². The number of rotatable bonds is 6. The van der Waals surface area contributed by atoms with Crippen molar-refractivity contribution in [2.45, 2.75) is 31.3 Å². The van der Waals surface area contributed by atoms with Crippen LogP contribution in [0.5, 0.6) is 0 Å². The molecule has 4 rings (SSSR count). The van der Waals surface area contributed by atoms with Crippen LogP contribution in [0.4, 0.5) is 0 Å². The summed E-state index contributed by atoms with van der Waals surface area (Å²) in [4.78, 5) is 51.1. The Kier molecular flexibility index (Phi) is 7.21. The molecule has 0 bridgehead atoms. The minimum Gasteiger partial charge on any atom is -0.456 e. The van der Waals surface area contributed by atoms with Crippen LogP contribution in [0.15, 0.2) is 91.0 Å². The van der Waals surface area contributed by atoms with E-state index in [9.17, 15) is 19.2 Å². The monoisotopic (exact) mass is 474 g/mol. The molecule has 1 saturated heterocycles. The second kappa shape index (κ2) is 10.6. The molecule has 8 nitrogen and oxygen atoms in total. The number of hydrogen-bond donors (Lipinski definition) is 0. The molecule has 0 aliphatic carbocycles. The van der Waals surface area contributed by atoms with Crippen LogP contribution in [0.1, 0.15) is 38.0 Å². The number of esters is 4. The van der Waals surface area contributed by atoms with Crippen molar-refractivity contribution in [2.24, 2.45) is 0 Å². The molecule has 35 heavy (non-hydrogen) atoms. The van der Waals surface area contributed by atoms with E-state index >= 15 is 0 Å². The fraction of sp³-hybridized carbons (Fsp3) is 0.185. The Morgan fingerprint density at radius 3 is 1.40 bits per heavy atom. The Morgan fingerprint density at radius 1 is 0.600 bits per heavy atom. The van der Waals surface area contributed by atoms with Crippen LogP contribution in [-0.4, -0.2) is 48.3 Å². The summed E-state index contributed by atoms with van der Waals surface area (Å²) in [5.74, 6) is -3.23. The average molecular weight is 474 g/mol. The highest BCUT2D eigenvalue weighted by atomic mass is 16.7. The Balaban J connectivity index is 1.64. The maximum atomic E-state index is 12.9. The molecular formula is C27H22O8. The van der Waals surface area contributed by atoms with Crippen LogP contribution in [-0.2, 0) is 23.7 Å². The van der Waals surface area contributed by atoms with Crippen LogP contribution in [0.2, 0.25) is 0 Å². The molecule has 0 aromatic heterocycles. The maximum absolute atomic E-state index is 12.9. The fourth-order valence-corrected chi connectivity index (χ4v) is 3.59. The second-order valence-corrected chi connectivity index (χ2v) is 7.81. The Bertz CT molecular complexity index is 1190. The van der Waals surface area contributed by atoms with Crippen molar-refractivity contribution in [1.29, 1.82) is 0 Å². The molecule has 3 unspecified atom stereocenters. The minimum absolute atomic E-state index is 0.185. The molecule has 3 aromatic rings. The zero-order valence-corrected chi connectivity index (χ0v) is 18.7. The normalized spacial score (nSPS) is 21.3. The third kappa shape index (κ3) is 5.55. The smallest absolute Gasteiger partial charge is 0.352 e. The van der Waals surface area contributed by atoms with Crippen molar-refractivity contribution >= 4 is 23.9 Å². The lowest BCUT2D eigenvalue weighted by atomic mass is 9.99. The van der Waals surface area contributed by atoms with Crippen LogP contribution in [0.3, 0.4) is 0 Å². The lowest BCUT2D eigenvalue weighted by Gasteiger charge is -2.38. The van der Waals surface area contributed by atoms with Gasteiger partial charge in [0.2, 0.25) is 6.10 Å². The van der Waals surface area contributed by atoms with Crippen LogP contribution in [0, 0.1) is 0 Å². The van der Waals surface area contributed by atoms with Crippen molar-refractivity contribution in [3.8, 4) is 0 Å². The van der Waals surface area contributed by atoms with E-state index in [4.69, 9.17) is 18.9 Å². The van der Waals surface area contributed by atoms with Crippen LogP contribution >= 0.6 is 0 Å². The molecule has 3 aromatic carbocycles. The van der Waals surface area contributed by atoms with E-state index in [-0.39, 0.29) is 16.7 Å². The zero-order valence-electron chi connectivity index (χ0n) is 18.7. The molecule has 0 saturated carbocycles. The highest BCUT2D eigenvalue weighted by molar-refractivity contribution is 5.93. The molecule has 0 radical (unpaired) electrons. The largest absolute Gasteiger partial charge is 0.456 e. The van der Waals surface area contributed by atoms with Gasteiger partial charge in [0, 0.05) is 0 Å². The van der Waals surface area contributed by atoms with Gasteiger partial charge in [-0.05, 0) is 43.3 Å². The number of cyclic esters (lactones) is 1. The van der Waals surface area contributed by atoms with Gasteiger partial charge in [-0.1, -0.05) is 54.6 Å². The second-order valence-electron chi connectivity index (χ2n) is 7.81. The molecule has 1 heterocycles. The van der Waals surface area contributed by atoms with Gasteiger partial charge >= 0.3 is 23.9 Å². The molecule has 1 fully saturated rings. The number of carbonyl (C=O) groups is 4. The summed E-state index contributed by atoms with van der Waals surface area (Å²) < 4.78 is 22.0. The first kappa shape index (κ1) is 23.7. The highest BCUT2D eigenvalue weighted by Gasteiger charge is 2.51. The molecule has 4 atom stereocenters.